The van der Waals surface area contributed by atoms with Crippen LogP contribution in [0.3, 0.4) is 0 Å². The summed E-state index contributed by atoms with van der Waals surface area (Å²) < 4.78 is 28.0. The van der Waals surface area contributed by atoms with Gasteiger partial charge in [0.25, 0.3) is 0 Å². The Morgan fingerprint density at radius 2 is 1.31 bits per heavy atom. The van der Waals surface area contributed by atoms with Gasteiger partial charge >= 0.3 is 0 Å². The average Bonchev–Trinajstić information content (AvgIpc) is 2.86. The van der Waals surface area contributed by atoms with Crippen molar-refractivity contribution in [1.82, 2.24) is 4.98 Å². The fourth-order valence-corrected chi connectivity index (χ4v) is 3.56. The van der Waals surface area contributed by atoms with E-state index in [1.807, 2.05) is 66.7 Å². The predicted octanol–water partition coefficient (Wildman–Crippen LogP) is 5.52. The monoisotopic (exact) mass is 431 g/mol. The Morgan fingerprint density at radius 3 is 2.00 bits per heavy atom. The summed E-state index contributed by atoms with van der Waals surface area (Å²) >= 11 is 0. The lowest BCUT2D eigenvalue weighted by atomic mass is 10.0. The van der Waals surface area contributed by atoms with E-state index in [-0.39, 0.29) is 0 Å². The maximum Gasteiger partial charge on any atom is 0.214 e. The highest BCUT2D eigenvalue weighted by atomic mass is 16.5. The summed E-state index contributed by atoms with van der Waals surface area (Å²) in [5, 5.41) is 1.83. The second-order valence-electron chi connectivity index (χ2n) is 7.08. The molecule has 0 amide bonds. The van der Waals surface area contributed by atoms with E-state index >= 15 is 0 Å². The molecule has 0 saturated heterocycles. The van der Waals surface area contributed by atoms with Crippen LogP contribution < -0.4 is 23.7 Å². The highest BCUT2D eigenvalue weighted by Gasteiger charge is 2.16. The second-order valence-corrected chi connectivity index (χ2v) is 7.08. The Balaban J connectivity index is 1.86. The molecule has 6 nitrogen and oxygen atoms in total. The van der Waals surface area contributed by atoms with E-state index in [9.17, 15) is 0 Å². The third-order valence-corrected chi connectivity index (χ3v) is 5.20. The summed E-state index contributed by atoms with van der Waals surface area (Å²) in [5.74, 6) is 3.05. The van der Waals surface area contributed by atoms with Crippen LogP contribution in [0.25, 0.3) is 22.0 Å². The van der Waals surface area contributed by atoms with Crippen LogP contribution in [-0.2, 0) is 6.61 Å². The summed E-state index contributed by atoms with van der Waals surface area (Å²) in [7, 11) is 6.46. The van der Waals surface area contributed by atoms with Gasteiger partial charge in [0.15, 0.2) is 23.0 Å². The Kier molecular flexibility index (Phi) is 6.31. The third kappa shape index (κ3) is 4.25. The number of fused-ring (bicyclic) bond motifs is 1. The molecule has 0 bridgehead atoms. The van der Waals surface area contributed by atoms with Crippen molar-refractivity contribution in [1.29, 1.82) is 0 Å². The quantitative estimate of drug-likeness (QED) is 0.366. The Labute approximate surface area is 187 Å². The molecular weight excluding hydrogens is 406 g/mol. The van der Waals surface area contributed by atoms with Gasteiger partial charge in [-0.3, -0.25) is 0 Å². The van der Waals surface area contributed by atoms with Crippen molar-refractivity contribution in [3.8, 4) is 40.1 Å². The van der Waals surface area contributed by atoms with Gasteiger partial charge in [-0.25, -0.2) is 4.98 Å². The third-order valence-electron chi connectivity index (χ3n) is 5.20. The van der Waals surface area contributed by atoms with Crippen molar-refractivity contribution in [3.05, 3.63) is 72.3 Å². The molecule has 1 heterocycles. The van der Waals surface area contributed by atoms with E-state index < -0.39 is 0 Å². The topological polar surface area (TPSA) is 59.0 Å². The molecule has 32 heavy (non-hydrogen) atoms. The summed E-state index contributed by atoms with van der Waals surface area (Å²) in [6.45, 7) is 0.415. The molecule has 0 aliphatic carbocycles. The first-order valence-electron chi connectivity index (χ1n) is 10.1. The van der Waals surface area contributed by atoms with Crippen molar-refractivity contribution >= 4 is 10.8 Å². The van der Waals surface area contributed by atoms with Crippen LogP contribution in [-0.4, -0.2) is 33.4 Å². The predicted molar refractivity (Wildman–Crippen MR) is 124 cm³/mol. The van der Waals surface area contributed by atoms with Gasteiger partial charge in [-0.2, -0.15) is 0 Å². The molecule has 0 spiro atoms. The maximum absolute atomic E-state index is 6.05. The minimum absolute atomic E-state index is 0.415. The summed E-state index contributed by atoms with van der Waals surface area (Å²) in [6.07, 6.45) is 0. The highest BCUT2D eigenvalue weighted by molar-refractivity contribution is 5.97. The van der Waals surface area contributed by atoms with E-state index in [4.69, 9.17) is 28.7 Å². The van der Waals surface area contributed by atoms with Crippen LogP contribution >= 0.6 is 0 Å². The molecule has 0 saturated carbocycles. The Morgan fingerprint density at radius 1 is 0.656 bits per heavy atom. The van der Waals surface area contributed by atoms with E-state index in [0.29, 0.717) is 35.5 Å². The zero-order valence-corrected chi connectivity index (χ0v) is 18.5. The number of rotatable bonds is 8. The van der Waals surface area contributed by atoms with Gasteiger partial charge in [0.05, 0.1) is 34.1 Å². The summed E-state index contributed by atoms with van der Waals surface area (Å²) in [5.41, 5.74) is 2.67. The average molecular weight is 431 g/mol. The van der Waals surface area contributed by atoms with Crippen LogP contribution in [0.15, 0.2) is 66.7 Å². The molecule has 0 atom stereocenters. The number of methoxy groups -OCH3 is 4. The number of nitrogens with zero attached hydrogens (tertiary/aromatic N) is 1. The van der Waals surface area contributed by atoms with Gasteiger partial charge in [-0.15, -0.1) is 0 Å². The van der Waals surface area contributed by atoms with Gasteiger partial charge in [-0.1, -0.05) is 30.3 Å². The molecule has 164 valence electrons. The molecule has 4 rings (SSSR count). The summed E-state index contributed by atoms with van der Waals surface area (Å²) in [4.78, 5) is 4.83. The highest BCUT2D eigenvalue weighted by Crippen LogP contribution is 2.40. The normalized spacial score (nSPS) is 10.6. The minimum atomic E-state index is 0.415. The molecule has 0 aliphatic rings. The first-order valence-corrected chi connectivity index (χ1v) is 10.1. The lowest BCUT2D eigenvalue weighted by Crippen LogP contribution is -2.00. The van der Waals surface area contributed by atoms with Gasteiger partial charge < -0.3 is 23.7 Å². The fraction of sp³-hybridized carbons (Fsp3) is 0.192. The molecule has 3 aromatic carbocycles. The molecular formula is C26H25NO5. The molecule has 0 aliphatic heterocycles. The van der Waals surface area contributed by atoms with Crippen molar-refractivity contribution in [2.75, 3.05) is 28.4 Å². The van der Waals surface area contributed by atoms with Crippen LogP contribution in [0.2, 0.25) is 0 Å². The molecule has 0 radical (unpaired) electrons. The molecule has 0 fully saturated rings. The van der Waals surface area contributed by atoms with E-state index in [0.717, 1.165) is 27.6 Å². The number of benzene rings is 3. The molecule has 4 aromatic rings. The first-order chi connectivity index (χ1) is 15.7. The fourth-order valence-electron chi connectivity index (χ4n) is 3.56. The van der Waals surface area contributed by atoms with E-state index in [1.165, 1.54) is 0 Å². The van der Waals surface area contributed by atoms with Gasteiger partial charge in [0, 0.05) is 17.0 Å². The van der Waals surface area contributed by atoms with Crippen LogP contribution in [0, 0.1) is 0 Å². The lowest BCUT2D eigenvalue weighted by Gasteiger charge is -2.15. The number of ether oxygens (including phenoxy) is 5. The number of hydrogen-bond donors (Lipinski definition) is 0. The van der Waals surface area contributed by atoms with Gasteiger partial charge in [0.1, 0.15) is 6.61 Å². The minimum Gasteiger partial charge on any atom is -0.493 e. The second kappa shape index (κ2) is 9.47. The summed E-state index contributed by atoms with van der Waals surface area (Å²) in [6, 6.07) is 21.5. The largest absolute Gasteiger partial charge is 0.493 e. The lowest BCUT2D eigenvalue weighted by molar-refractivity contribution is 0.295. The van der Waals surface area contributed by atoms with E-state index in [2.05, 4.69) is 0 Å². The van der Waals surface area contributed by atoms with Crippen LogP contribution in [0.1, 0.15) is 5.56 Å². The van der Waals surface area contributed by atoms with Crippen molar-refractivity contribution in [3.63, 3.8) is 0 Å². The molecule has 0 N–H and O–H groups in total. The molecule has 0 unspecified atom stereocenters. The van der Waals surface area contributed by atoms with E-state index in [1.54, 1.807) is 28.4 Å². The smallest absolute Gasteiger partial charge is 0.214 e. The Bertz CT molecular complexity index is 1220. The van der Waals surface area contributed by atoms with Gasteiger partial charge in [0.2, 0.25) is 5.88 Å². The number of aromatic nitrogens is 1. The van der Waals surface area contributed by atoms with Crippen LogP contribution in [0.4, 0.5) is 0 Å². The number of pyridine rings is 1. The number of hydrogen-bond acceptors (Lipinski definition) is 6. The first kappa shape index (κ1) is 21.3. The van der Waals surface area contributed by atoms with Crippen molar-refractivity contribution in [2.24, 2.45) is 0 Å². The van der Waals surface area contributed by atoms with Crippen molar-refractivity contribution < 1.29 is 23.7 Å². The molecule has 6 heteroatoms. The zero-order chi connectivity index (χ0) is 22.5. The zero-order valence-electron chi connectivity index (χ0n) is 18.5. The van der Waals surface area contributed by atoms with Crippen molar-refractivity contribution in [2.45, 2.75) is 6.61 Å². The molecule has 1 aromatic heterocycles. The maximum atomic E-state index is 6.05. The van der Waals surface area contributed by atoms with Gasteiger partial charge in [-0.05, 0) is 41.3 Å². The standard InChI is InChI=1S/C26H25NO5/c1-28-21-11-10-18(12-22(21)29-2)26-20-15-24(31-4)23(30-3)13-19(20)14-25(27-26)32-16-17-8-6-5-7-9-17/h5-15H,16H2,1-4H3. The SMILES string of the molecule is COc1ccc(-c2nc(OCc3ccccc3)cc3cc(OC)c(OC)cc23)cc1OC. The van der Waals surface area contributed by atoms with Crippen LogP contribution in [0.5, 0.6) is 28.9 Å². The Hall–Kier alpha value is -3.93.